The Morgan fingerprint density at radius 3 is 2.56 bits per heavy atom. The predicted molar refractivity (Wildman–Crippen MR) is 101 cm³/mol. The van der Waals surface area contributed by atoms with E-state index in [2.05, 4.69) is 20.7 Å². The second-order valence-corrected chi connectivity index (χ2v) is 8.65. The molecule has 0 aromatic heterocycles. The lowest BCUT2D eigenvalue weighted by Gasteiger charge is -2.16. The molecule has 2 aromatic carbocycles. The summed E-state index contributed by atoms with van der Waals surface area (Å²) >= 11 is 3.35. The first-order valence-corrected chi connectivity index (χ1v) is 10.3. The lowest BCUT2D eigenvalue weighted by Crippen LogP contribution is -2.27. The Labute approximate surface area is 156 Å². The van der Waals surface area contributed by atoms with Crippen LogP contribution in [0.15, 0.2) is 51.8 Å². The highest BCUT2D eigenvalue weighted by Crippen LogP contribution is 2.26. The van der Waals surface area contributed by atoms with E-state index in [1.54, 1.807) is 29.2 Å². The van der Waals surface area contributed by atoms with Crippen molar-refractivity contribution >= 4 is 37.5 Å². The number of halogens is 1. The largest absolute Gasteiger partial charge is 0.339 e. The van der Waals surface area contributed by atoms with Gasteiger partial charge in [-0.3, -0.25) is 9.52 Å². The summed E-state index contributed by atoms with van der Waals surface area (Å²) in [7, 11) is -3.78. The zero-order valence-corrected chi connectivity index (χ0v) is 16.2. The summed E-state index contributed by atoms with van der Waals surface area (Å²) in [5.74, 6) is -0.119. The predicted octanol–water partition coefficient (Wildman–Crippen LogP) is 3.79. The van der Waals surface area contributed by atoms with Gasteiger partial charge < -0.3 is 4.90 Å². The minimum atomic E-state index is -3.78. The Hall–Kier alpha value is -1.86. The molecule has 1 fully saturated rings. The third kappa shape index (κ3) is 4.04. The highest BCUT2D eigenvalue weighted by molar-refractivity contribution is 9.10. The van der Waals surface area contributed by atoms with Gasteiger partial charge in [0.15, 0.2) is 0 Å². The molecule has 5 nitrogen and oxygen atoms in total. The topological polar surface area (TPSA) is 66.5 Å². The number of carbonyl (C=O) groups is 1. The van der Waals surface area contributed by atoms with Crippen molar-refractivity contribution in [2.45, 2.75) is 24.7 Å². The number of rotatable bonds is 4. The van der Waals surface area contributed by atoms with E-state index in [9.17, 15) is 13.2 Å². The zero-order chi connectivity index (χ0) is 18.0. The third-order valence-electron chi connectivity index (χ3n) is 4.15. The molecule has 0 spiro atoms. The van der Waals surface area contributed by atoms with E-state index in [-0.39, 0.29) is 10.8 Å². The van der Waals surface area contributed by atoms with Crippen LogP contribution in [0.1, 0.15) is 28.8 Å². The summed E-state index contributed by atoms with van der Waals surface area (Å²) in [6, 6.07) is 11.6. The van der Waals surface area contributed by atoms with E-state index < -0.39 is 10.0 Å². The molecule has 1 heterocycles. The maximum absolute atomic E-state index is 12.7. The van der Waals surface area contributed by atoms with Crippen molar-refractivity contribution in [3.8, 4) is 0 Å². The molecule has 0 radical (unpaired) electrons. The molecule has 7 heteroatoms. The van der Waals surface area contributed by atoms with Crippen molar-refractivity contribution in [3.05, 3.63) is 58.1 Å². The van der Waals surface area contributed by atoms with Crippen molar-refractivity contribution in [1.82, 2.24) is 4.90 Å². The summed E-state index contributed by atoms with van der Waals surface area (Å²) in [5.41, 5.74) is 1.81. The van der Waals surface area contributed by atoms with Gasteiger partial charge in [-0.2, -0.15) is 0 Å². The van der Waals surface area contributed by atoms with Crippen LogP contribution in [-0.2, 0) is 10.0 Å². The molecule has 0 aliphatic carbocycles. The van der Waals surface area contributed by atoms with E-state index in [0.29, 0.717) is 15.7 Å². The van der Waals surface area contributed by atoms with Gasteiger partial charge in [-0.1, -0.05) is 12.1 Å². The van der Waals surface area contributed by atoms with Crippen molar-refractivity contribution in [1.29, 1.82) is 0 Å². The van der Waals surface area contributed by atoms with Crippen LogP contribution in [0.4, 0.5) is 5.69 Å². The van der Waals surface area contributed by atoms with Gasteiger partial charge in [0.2, 0.25) is 0 Å². The molecular weight excluding hydrogens is 404 g/mol. The quantitative estimate of drug-likeness (QED) is 0.814. The molecule has 0 bridgehead atoms. The Balaban J connectivity index is 1.88. The maximum Gasteiger partial charge on any atom is 0.261 e. The van der Waals surface area contributed by atoms with Crippen LogP contribution in [0, 0.1) is 6.92 Å². The van der Waals surface area contributed by atoms with Gasteiger partial charge >= 0.3 is 0 Å². The molecule has 25 heavy (non-hydrogen) atoms. The Morgan fingerprint density at radius 1 is 1.12 bits per heavy atom. The number of nitrogens with one attached hydrogen (secondary N) is 1. The molecule has 1 aliphatic rings. The Morgan fingerprint density at radius 2 is 1.84 bits per heavy atom. The number of aryl methyl sites for hydroxylation is 1. The molecule has 1 N–H and O–H groups in total. The van der Waals surface area contributed by atoms with Crippen LogP contribution in [0.3, 0.4) is 0 Å². The first kappa shape index (κ1) is 17.9. The van der Waals surface area contributed by atoms with Crippen molar-refractivity contribution in [2.24, 2.45) is 0 Å². The lowest BCUT2D eigenvalue weighted by atomic mass is 10.2. The van der Waals surface area contributed by atoms with Crippen LogP contribution in [-0.4, -0.2) is 32.3 Å². The number of benzene rings is 2. The number of hydrogen-bond acceptors (Lipinski definition) is 3. The van der Waals surface area contributed by atoms with Crippen molar-refractivity contribution < 1.29 is 13.2 Å². The van der Waals surface area contributed by atoms with E-state index in [1.807, 2.05) is 13.0 Å². The van der Waals surface area contributed by atoms with E-state index in [4.69, 9.17) is 0 Å². The fourth-order valence-electron chi connectivity index (χ4n) is 2.82. The molecule has 1 amide bonds. The number of sulfonamides is 1. The molecule has 0 saturated carbocycles. The number of amides is 1. The highest BCUT2D eigenvalue weighted by atomic mass is 79.9. The first-order valence-electron chi connectivity index (χ1n) is 8.05. The van der Waals surface area contributed by atoms with Crippen molar-refractivity contribution in [3.63, 3.8) is 0 Å². The van der Waals surface area contributed by atoms with Gasteiger partial charge in [0.25, 0.3) is 15.9 Å². The van der Waals surface area contributed by atoms with Crippen LogP contribution in [0.5, 0.6) is 0 Å². The van der Waals surface area contributed by atoms with Crippen molar-refractivity contribution in [2.75, 3.05) is 17.8 Å². The molecule has 1 saturated heterocycles. The van der Waals surface area contributed by atoms with Crippen LogP contribution in [0.2, 0.25) is 0 Å². The molecule has 132 valence electrons. The van der Waals surface area contributed by atoms with Gasteiger partial charge in [0.1, 0.15) is 0 Å². The molecule has 3 rings (SSSR count). The summed E-state index contributed by atoms with van der Waals surface area (Å²) in [4.78, 5) is 14.3. The Bertz CT molecular complexity index is 906. The average Bonchev–Trinajstić information content (AvgIpc) is 3.12. The monoisotopic (exact) mass is 422 g/mol. The standard InChI is InChI=1S/C18H19BrN2O3S/c1-13-7-8-16(19)17(11-13)20-25(23,24)15-6-4-5-14(12-15)18(22)21-9-2-3-10-21/h4-8,11-12,20H,2-3,9-10H2,1H3. The number of hydrogen-bond donors (Lipinski definition) is 1. The first-order chi connectivity index (χ1) is 11.9. The van der Waals surface area contributed by atoms with Crippen LogP contribution < -0.4 is 4.72 Å². The second kappa shape index (κ2) is 7.17. The molecule has 0 unspecified atom stereocenters. The Kier molecular flexibility index (Phi) is 5.15. The summed E-state index contributed by atoms with van der Waals surface area (Å²) < 4.78 is 28.6. The number of likely N-dealkylation sites (tertiary alicyclic amines) is 1. The maximum atomic E-state index is 12.7. The molecule has 1 aliphatic heterocycles. The fourth-order valence-corrected chi connectivity index (χ4v) is 4.41. The summed E-state index contributed by atoms with van der Waals surface area (Å²) in [6.45, 7) is 3.34. The smallest absolute Gasteiger partial charge is 0.261 e. The number of nitrogens with zero attached hydrogens (tertiary/aromatic N) is 1. The second-order valence-electron chi connectivity index (χ2n) is 6.12. The van der Waals surface area contributed by atoms with Gasteiger partial charge in [0, 0.05) is 23.1 Å². The number of anilines is 1. The normalized spacial score (nSPS) is 14.6. The van der Waals surface area contributed by atoms with Crippen LogP contribution in [0.25, 0.3) is 0 Å². The lowest BCUT2D eigenvalue weighted by molar-refractivity contribution is 0.0792. The van der Waals surface area contributed by atoms with Gasteiger partial charge in [-0.25, -0.2) is 8.42 Å². The highest BCUT2D eigenvalue weighted by Gasteiger charge is 2.22. The van der Waals surface area contributed by atoms with Gasteiger partial charge in [-0.05, 0) is 71.6 Å². The zero-order valence-electron chi connectivity index (χ0n) is 13.8. The third-order valence-corrected chi connectivity index (χ3v) is 6.21. The van der Waals surface area contributed by atoms with E-state index in [1.165, 1.54) is 12.1 Å². The SMILES string of the molecule is Cc1ccc(Br)c(NS(=O)(=O)c2cccc(C(=O)N3CCCC3)c2)c1. The molecule has 2 aromatic rings. The average molecular weight is 423 g/mol. The van der Waals surface area contributed by atoms with Gasteiger partial charge in [-0.15, -0.1) is 0 Å². The summed E-state index contributed by atoms with van der Waals surface area (Å²) in [6.07, 6.45) is 1.99. The fraction of sp³-hybridized carbons (Fsp3) is 0.278. The minimum Gasteiger partial charge on any atom is -0.339 e. The number of carbonyl (C=O) groups excluding carboxylic acids is 1. The van der Waals surface area contributed by atoms with E-state index in [0.717, 1.165) is 31.5 Å². The van der Waals surface area contributed by atoms with E-state index >= 15 is 0 Å². The van der Waals surface area contributed by atoms with Crippen LogP contribution >= 0.6 is 15.9 Å². The summed E-state index contributed by atoms with van der Waals surface area (Å²) in [5, 5.41) is 0. The molecular formula is C18H19BrN2O3S. The van der Waals surface area contributed by atoms with Gasteiger partial charge in [0.05, 0.1) is 10.6 Å². The minimum absolute atomic E-state index is 0.0750. The molecule has 0 atom stereocenters.